The van der Waals surface area contributed by atoms with Gasteiger partial charge in [-0.1, -0.05) is 0 Å². The number of rotatable bonds is 4. The van der Waals surface area contributed by atoms with Gasteiger partial charge < -0.3 is 15.5 Å². The van der Waals surface area contributed by atoms with E-state index in [-0.39, 0.29) is 18.5 Å². The highest BCUT2D eigenvalue weighted by molar-refractivity contribution is 7.13. The zero-order valence-corrected chi connectivity index (χ0v) is 14.0. The second kappa shape index (κ2) is 7.87. The highest BCUT2D eigenvalue weighted by atomic mass is 32.1. The number of pyridine rings is 1. The van der Waals surface area contributed by atoms with Crippen LogP contribution in [-0.2, 0) is 11.2 Å². The fourth-order valence-corrected chi connectivity index (χ4v) is 3.28. The summed E-state index contributed by atoms with van der Waals surface area (Å²) in [6.07, 6.45) is 4.95. The number of thiazole rings is 1. The van der Waals surface area contributed by atoms with Crippen LogP contribution in [0.4, 0.5) is 4.79 Å². The number of urea groups is 1. The molecule has 1 saturated heterocycles. The third-order valence-corrected chi connectivity index (χ3v) is 4.61. The molecule has 24 heavy (non-hydrogen) atoms. The van der Waals surface area contributed by atoms with E-state index in [2.05, 4.69) is 20.6 Å². The number of nitrogens with one attached hydrogen (secondary N) is 2. The molecular formula is C16H19N5O2S. The molecule has 3 amide bonds. The average molecular weight is 345 g/mol. The predicted octanol–water partition coefficient (Wildman–Crippen LogP) is 1.28. The van der Waals surface area contributed by atoms with Crippen molar-refractivity contribution in [2.24, 2.45) is 0 Å². The Morgan fingerprint density at radius 3 is 3.21 bits per heavy atom. The molecule has 2 N–H and O–H groups in total. The van der Waals surface area contributed by atoms with Gasteiger partial charge in [0, 0.05) is 49.4 Å². The maximum absolute atomic E-state index is 12.1. The minimum absolute atomic E-state index is 0.108. The molecule has 126 valence electrons. The van der Waals surface area contributed by atoms with Crippen molar-refractivity contribution >= 4 is 23.3 Å². The van der Waals surface area contributed by atoms with Gasteiger partial charge in [0.25, 0.3) is 0 Å². The van der Waals surface area contributed by atoms with E-state index in [0.29, 0.717) is 26.1 Å². The molecule has 8 heteroatoms. The molecule has 0 saturated carbocycles. The van der Waals surface area contributed by atoms with Crippen molar-refractivity contribution in [3.63, 3.8) is 0 Å². The number of carbonyl (C=O) groups is 2. The van der Waals surface area contributed by atoms with E-state index in [1.807, 2.05) is 17.5 Å². The molecule has 0 bridgehead atoms. The predicted molar refractivity (Wildman–Crippen MR) is 91.6 cm³/mol. The van der Waals surface area contributed by atoms with Crippen LogP contribution in [0.1, 0.15) is 12.1 Å². The molecule has 1 aliphatic rings. The van der Waals surface area contributed by atoms with Gasteiger partial charge in [0.05, 0.1) is 5.69 Å². The third kappa shape index (κ3) is 4.29. The number of amides is 3. The number of carbonyl (C=O) groups excluding carboxylic acids is 2. The van der Waals surface area contributed by atoms with Crippen molar-refractivity contribution in [2.45, 2.75) is 12.8 Å². The maximum Gasteiger partial charge on any atom is 0.317 e. The summed E-state index contributed by atoms with van der Waals surface area (Å²) >= 11 is 1.57. The maximum atomic E-state index is 12.1. The van der Waals surface area contributed by atoms with Gasteiger partial charge in [0.15, 0.2) is 0 Å². The Labute approximate surface area is 144 Å². The Hall–Kier alpha value is -2.48. The normalized spacial score (nSPS) is 14.8. The Morgan fingerprint density at radius 2 is 2.38 bits per heavy atom. The summed E-state index contributed by atoms with van der Waals surface area (Å²) in [7, 11) is 0. The van der Waals surface area contributed by atoms with E-state index in [9.17, 15) is 9.59 Å². The van der Waals surface area contributed by atoms with Crippen molar-refractivity contribution in [1.82, 2.24) is 25.5 Å². The van der Waals surface area contributed by atoms with Crippen LogP contribution < -0.4 is 10.6 Å². The summed E-state index contributed by atoms with van der Waals surface area (Å²) in [6.45, 7) is 1.83. The monoisotopic (exact) mass is 345 g/mol. The first kappa shape index (κ1) is 16.4. The Kier molecular flexibility index (Phi) is 5.37. The van der Waals surface area contributed by atoms with Gasteiger partial charge >= 0.3 is 6.03 Å². The van der Waals surface area contributed by atoms with E-state index < -0.39 is 0 Å². The second-order valence-corrected chi connectivity index (χ2v) is 6.35. The molecule has 0 unspecified atom stereocenters. The summed E-state index contributed by atoms with van der Waals surface area (Å²) in [5, 5.41) is 8.53. The Morgan fingerprint density at radius 1 is 1.46 bits per heavy atom. The number of hydrogen-bond donors (Lipinski definition) is 2. The average Bonchev–Trinajstić information content (AvgIpc) is 2.96. The summed E-state index contributed by atoms with van der Waals surface area (Å²) < 4.78 is 0. The standard InChI is InChI=1S/C16H19N5O2S/c22-14-10-21(8-2-6-18-14)16(23)19-7-4-13-11-24-15(20-13)12-3-1-5-17-9-12/h1,3,5,9,11H,2,4,6-8,10H2,(H,18,22)(H,19,23). The van der Waals surface area contributed by atoms with Crippen LogP contribution >= 0.6 is 11.3 Å². The largest absolute Gasteiger partial charge is 0.354 e. The first-order valence-electron chi connectivity index (χ1n) is 7.86. The molecule has 0 radical (unpaired) electrons. The van der Waals surface area contributed by atoms with Crippen LogP contribution in [-0.4, -0.2) is 53.0 Å². The molecule has 1 aliphatic heterocycles. The van der Waals surface area contributed by atoms with Crippen LogP contribution in [0.25, 0.3) is 10.6 Å². The van der Waals surface area contributed by atoms with Gasteiger partial charge in [-0.25, -0.2) is 9.78 Å². The van der Waals surface area contributed by atoms with Gasteiger partial charge in [-0.05, 0) is 18.6 Å². The van der Waals surface area contributed by atoms with Gasteiger partial charge in [0.1, 0.15) is 11.6 Å². The van der Waals surface area contributed by atoms with Gasteiger partial charge in [0.2, 0.25) is 5.91 Å². The zero-order chi connectivity index (χ0) is 16.8. The van der Waals surface area contributed by atoms with Crippen molar-refractivity contribution in [3.05, 3.63) is 35.6 Å². The van der Waals surface area contributed by atoms with E-state index in [1.165, 1.54) is 0 Å². The fourth-order valence-electron chi connectivity index (χ4n) is 2.43. The number of nitrogens with zero attached hydrogens (tertiary/aromatic N) is 3. The van der Waals surface area contributed by atoms with E-state index in [0.717, 1.165) is 22.7 Å². The fraction of sp³-hybridized carbons (Fsp3) is 0.375. The topological polar surface area (TPSA) is 87.2 Å². The lowest BCUT2D eigenvalue weighted by atomic mass is 10.3. The molecular weight excluding hydrogens is 326 g/mol. The molecule has 3 heterocycles. The Balaban J connectivity index is 1.49. The second-order valence-electron chi connectivity index (χ2n) is 5.49. The molecule has 0 aliphatic carbocycles. The van der Waals surface area contributed by atoms with Crippen LogP contribution in [0.15, 0.2) is 29.9 Å². The quantitative estimate of drug-likeness (QED) is 0.874. The van der Waals surface area contributed by atoms with Gasteiger partial charge in [-0.2, -0.15) is 0 Å². The Bertz CT molecular complexity index is 704. The van der Waals surface area contributed by atoms with Crippen LogP contribution in [0.3, 0.4) is 0 Å². The lowest BCUT2D eigenvalue weighted by molar-refractivity contribution is -0.121. The molecule has 2 aromatic rings. The van der Waals surface area contributed by atoms with Crippen LogP contribution in [0, 0.1) is 0 Å². The molecule has 2 aromatic heterocycles. The van der Waals surface area contributed by atoms with Crippen molar-refractivity contribution in [1.29, 1.82) is 0 Å². The molecule has 7 nitrogen and oxygen atoms in total. The highest BCUT2D eigenvalue weighted by Gasteiger charge is 2.19. The lowest BCUT2D eigenvalue weighted by Gasteiger charge is -2.19. The van der Waals surface area contributed by atoms with Crippen molar-refractivity contribution < 1.29 is 9.59 Å². The lowest BCUT2D eigenvalue weighted by Crippen LogP contribution is -2.44. The highest BCUT2D eigenvalue weighted by Crippen LogP contribution is 2.22. The zero-order valence-electron chi connectivity index (χ0n) is 13.2. The molecule has 1 fully saturated rings. The molecule has 0 spiro atoms. The van der Waals surface area contributed by atoms with Crippen LogP contribution in [0.2, 0.25) is 0 Å². The van der Waals surface area contributed by atoms with E-state index in [4.69, 9.17) is 0 Å². The van der Waals surface area contributed by atoms with E-state index in [1.54, 1.807) is 28.6 Å². The summed E-state index contributed by atoms with van der Waals surface area (Å²) in [5.41, 5.74) is 1.93. The minimum atomic E-state index is -0.199. The minimum Gasteiger partial charge on any atom is -0.354 e. The summed E-state index contributed by atoms with van der Waals surface area (Å²) in [6, 6.07) is 3.66. The van der Waals surface area contributed by atoms with Crippen LogP contribution in [0.5, 0.6) is 0 Å². The first-order chi connectivity index (χ1) is 11.7. The number of aromatic nitrogens is 2. The summed E-state index contributed by atoms with van der Waals surface area (Å²) in [5.74, 6) is -0.108. The third-order valence-electron chi connectivity index (χ3n) is 3.67. The molecule has 0 aromatic carbocycles. The van der Waals surface area contributed by atoms with Gasteiger partial charge in [-0.15, -0.1) is 11.3 Å². The van der Waals surface area contributed by atoms with E-state index >= 15 is 0 Å². The summed E-state index contributed by atoms with van der Waals surface area (Å²) in [4.78, 5) is 33.8. The van der Waals surface area contributed by atoms with Crippen molar-refractivity contribution in [2.75, 3.05) is 26.2 Å². The SMILES string of the molecule is O=C1CN(C(=O)NCCc2csc(-c3cccnc3)n2)CCCN1. The molecule has 3 rings (SSSR count). The van der Waals surface area contributed by atoms with Crippen molar-refractivity contribution in [3.8, 4) is 10.6 Å². The molecule has 0 atom stereocenters. The van der Waals surface area contributed by atoms with Gasteiger partial charge in [-0.3, -0.25) is 9.78 Å². The number of hydrogen-bond acceptors (Lipinski definition) is 5. The smallest absolute Gasteiger partial charge is 0.317 e. The first-order valence-corrected chi connectivity index (χ1v) is 8.74.